The molecule has 0 fully saturated rings. The van der Waals surface area contributed by atoms with Crippen molar-refractivity contribution in [3.8, 4) is 0 Å². The highest BCUT2D eigenvalue weighted by molar-refractivity contribution is 5.86. The maximum absolute atomic E-state index is 10.1. The SMILES string of the molecule is CC(C)(C)C.O=C(O)C=Cc1ccccc1.O=C(O)C=Cc1ccccc1.O=C(O)C=Cc1ccccc1. The van der Waals surface area contributed by atoms with Gasteiger partial charge in [0.25, 0.3) is 0 Å². The molecule has 3 rings (SSSR count). The Labute approximate surface area is 224 Å². The average Bonchev–Trinajstić information content (AvgIpc) is 2.87. The molecule has 3 aromatic rings. The Bertz CT molecular complexity index is 1010. The molecule has 0 amide bonds. The van der Waals surface area contributed by atoms with Gasteiger partial charge in [-0.1, -0.05) is 119 Å². The quantitative estimate of drug-likeness (QED) is 0.294. The minimum atomic E-state index is -0.922. The van der Waals surface area contributed by atoms with Gasteiger partial charge in [-0.3, -0.25) is 0 Å². The van der Waals surface area contributed by atoms with Crippen LogP contribution in [0.2, 0.25) is 0 Å². The molecule has 0 heterocycles. The zero-order chi connectivity index (χ0) is 28.8. The van der Waals surface area contributed by atoms with Crippen LogP contribution in [0.15, 0.2) is 109 Å². The van der Waals surface area contributed by atoms with Crippen molar-refractivity contribution in [2.24, 2.45) is 5.41 Å². The molecule has 6 nitrogen and oxygen atoms in total. The number of carboxylic acid groups (broad SMARTS) is 3. The summed E-state index contributed by atoms with van der Waals surface area (Å²) in [5.74, 6) is -2.77. The Morgan fingerprint density at radius 2 is 0.658 bits per heavy atom. The summed E-state index contributed by atoms with van der Waals surface area (Å²) >= 11 is 0. The molecule has 38 heavy (non-hydrogen) atoms. The molecule has 3 aromatic carbocycles. The van der Waals surface area contributed by atoms with E-state index in [1.807, 2.05) is 91.0 Å². The molecule has 200 valence electrons. The molecule has 0 saturated heterocycles. The van der Waals surface area contributed by atoms with Gasteiger partial charge in [0.1, 0.15) is 0 Å². The second-order valence-corrected chi connectivity index (χ2v) is 9.25. The summed E-state index contributed by atoms with van der Waals surface area (Å²) in [6, 6.07) is 27.9. The fraction of sp³-hybridized carbons (Fsp3) is 0.156. The minimum Gasteiger partial charge on any atom is -0.478 e. The van der Waals surface area contributed by atoms with E-state index in [0.29, 0.717) is 5.41 Å². The van der Waals surface area contributed by atoms with Crippen LogP contribution in [0.4, 0.5) is 0 Å². The fourth-order valence-corrected chi connectivity index (χ4v) is 2.19. The molecule has 0 radical (unpaired) electrons. The molecule has 0 aliphatic rings. The van der Waals surface area contributed by atoms with Gasteiger partial charge in [0.2, 0.25) is 0 Å². The maximum Gasteiger partial charge on any atom is 0.328 e. The molecule has 0 aromatic heterocycles. The molecule has 0 atom stereocenters. The summed E-state index contributed by atoms with van der Waals surface area (Å²) in [4.78, 5) is 30.3. The Morgan fingerprint density at radius 3 is 0.816 bits per heavy atom. The third-order valence-corrected chi connectivity index (χ3v) is 3.65. The lowest BCUT2D eigenvalue weighted by molar-refractivity contribution is -0.132. The maximum atomic E-state index is 10.1. The summed E-state index contributed by atoms with van der Waals surface area (Å²) in [5, 5.41) is 24.9. The van der Waals surface area contributed by atoms with Crippen LogP contribution < -0.4 is 0 Å². The largest absolute Gasteiger partial charge is 0.478 e. The van der Waals surface area contributed by atoms with Crippen LogP contribution in [0, 0.1) is 5.41 Å². The van der Waals surface area contributed by atoms with E-state index in [0.717, 1.165) is 34.9 Å². The molecule has 0 unspecified atom stereocenters. The predicted molar refractivity (Wildman–Crippen MR) is 154 cm³/mol. The van der Waals surface area contributed by atoms with Crippen molar-refractivity contribution < 1.29 is 29.7 Å². The van der Waals surface area contributed by atoms with Crippen LogP contribution in [0.1, 0.15) is 44.4 Å². The molecular weight excluding hydrogens is 480 g/mol. The number of hydrogen-bond donors (Lipinski definition) is 3. The highest BCUT2D eigenvalue weighted by Crippen LogP contribution is 2.08. The van der Waals surface area contributed by atoms with Crippen molar-refractivity contribution in [3.63, 3.8) is 0 Å². The third kappa shape index (κ3) is 24.4. The van der Waals surface area contributed by atoms with Crippen LogP contribution in [0.3, 0.4) is 0 Å². The Hall–Kier alpha value is -4.71. The van der Waals surface area contributed by atoms with Gasteiger partial charge < -0.3 is 15.3 Å². The van der Waals surface area contributed by atoms with Gasteiger partial charge in [0, 0.05) is 18.2 Å². The summed E-state index contributed by atoms with van der Waals surface area (Å²) in [6.07, 6.45) is 8.03. The van der Waals surface area contributed by atoms with Crippen molar-refractivity contribution in [1.29, 1.82) is 0 Å². The van der Waals surface area contributed by atoms with E-state index < -0.39 is 17.9 Å². The standard InChI is InChI=1S/3C9H8O2.C5H12/c3*10-9(11)7-6-8-4-2-1-3-5-8;1-5(2,3)4/h3*1-7H,(H,10,11);1-4H3. The lowest BCUT2D eigenvalue weighted by Crippen LogP contribution is -1.93. The van der Waals surface area contributed by atoms with Crippen molar-refractivity contribution in [2.45, 2.75) is 27.7 Å². The van der Waals surface area contributed by atoms with Gasteiger partial charge in [-0.15, -0.1) is 0 Å². The van der Waals surface area contributed by atoms with Crippen LogP contribution in [-0.4, -0.2) is 33.2 Å². The Morgan fingerprint density at radius 1 is 0.474 bits per heavy atom. The summed E-state index contributed by atoms with van der Waals surface area (Å²) in [6.45, 7) is 8.75. The number of rotatable bonds is 6. The number of aliphatic carboxylic acids is 3. The molecule has 0 spiro atoms. The van der Waals surface area contributed by atoms with Crippen LogP contribution in [0.5, 0.6) is 0 Å². The summed E-state index contributed by atoms with van der Waals surface area (Å²) in [5.41, 5.74) is 3.19. The first-order valence-corrected chi connectivity index (χ1v) is 11.7. The highest BCUT2D eigenvalue weighted by Gasteiger charge is 1.95. The van der Waals surface area contributed by atoms with E-state index in [1.54, 1.807) is 18.2 Å². The molecule has 0 saturated carbocycles. The van der Waals surface area contributed by atoms with Gasteiger partial charge >= 0.3 is 17.9 Å². The molecule has 3 N–H and O–H groups in total. The topological polar surface area (TPSA) is 112 Å². The van der Waals surface area contributed by atoms with E-state index in [4.69, 9.17) is 15.3 Å². The van der Waals surface area contributed by atoms with Crippen LogP contribution in [0.25, 0.3) is 18.2 Å². The number of carbonyl (C=O) groups is 3. The van der Waals surface area contributed by atoms with Gasteiger partial charge in [-0.2, -0.15) is 0 Å². The first-order chi connectivity index (χ1) is 17.9. The summed E-state index contributed by atoms with van der Waals surface area (Å²) < 4.78 is 0. The van der Waals surface area contributed by atoms with E-state index >= 15 is 0 Å². The summed E-state index contributed by atoms with van der Waals surface area (Å²) in [7, 11) is 0. The number of hydrogen-bond acceptors (Lipinski definition) is 3. The third-order valence-electron chi connectivity index (χ3n) is 3.65. The molecule has 0 aliphatic heterocycles. The van der Waals surface area contributed by atoms with Crippen molar-refractivity contribution in [3.05, 3.63) is 126 Å². The van der Waals surface area contributed by atoms with Crippen molar-refractivity contribution in [2.75, 3.05) is 0 Å². The first kappa shape index (κ1) is 33.3. The monoisotopic (exact) mass is 516 g/mol. The lowest BCUT2D eigenvalue weighted by Gasteiger charge is -2.05. The predicted octanol–water partition coefficient (Wildman–Crippen LogP) is 7.41. The smallest absolute Gasteiger partial charge is 0.328 e. The molecule has 0 aliphatic carbocycles. The van der Waals surface area contributed by atoms with Gasteiger partial charge in [-0.05, 0) is 40.3 Å². The van der Waals surface area contributed by atoms with Gasteiger partial charge in [0.15, 0.2) is 0 Å². The number of carboxylic acids is 3. The molecule has 0 bridgehead atoms. The zero-order valence-electron chi connectivity index (χ0n) is 22.2. The van der Waals surface area contributed by atoms with Crippen molar-refractivity contribution in [1.82, 2.24) is 0 Å². The van der Waals surface area contributed by atoms with E-state index in [2.05, 4.69) is 27.7 Å². The van der Waals surface area contributed by atoms with Crippen molar-refractivity contribution >= 4 is 36.1 Å². The Balaban J connectivity index is 0.000000497. The average molecular weight is 517 g/mol. The highest BCUT2D eigenvalue weighted by atomic mass is 16.4. The minimum absolute atomic E-state index is 0.500. The van der Waals surface area contributed by atoms with Gasteiger partial charge in [0.05, 0.1) is 0 Å². The van der Waals surface area contributed by atoms with E-state index in [-0.39, 0.29) is 0 Å². The second kappa shape index (κ2) is 19.5. The van der Waals surface area contributed by atoms with E-state index in [9.17, 15) is 14.4 Å². The molecular formula is C32H36O6. The molecule has 6 heteroatoms. The van der Waals surface area contributed by atoms with Gasteiger partial charge in [-0.25, -0.2) is 14.4 Å². The number of benzene rings is 3. The Kier molecular flexibility index (Phi) is 17.1. The van der Waals surface area contributed by atoms with Crippen LogP contribution in [-0.2, 0) is 14.4 Å². The van der Waals surface area contributed by atoms with E-state index in [1.165, 1.54) is 0 Å². The normalized spacial score (nSPS) is 10.4. The lowest BCUT2D eigenvalue weighted by atomic mass is 10.0. The second-order valence-electron chi connectivity index (χ2n) is 9.25. The fourth-order valence-electron chi connectivity index (χ4n) is 2.19. The zero-order valence-corrected chi connectivity index (χ0v) is 22.2. The van der Waals surface area contributed by atoms with Crippen LogP contribution >= 0.6 is 0 Å². The first-order valence-electron chi connectivity index (χ1n) is 11.7.